The van der Waals surface area contributed by atoms with Crippen molar-refractivity contribution in [3.63, 3.8) is 0 Å². The minimum Gasteiger partial charge on any atom is -0.343 e. The standard InChI is InChI=1S/C26H26N4O4S/c1-3-28(4-2)23(32)17-8-7-13-29(15-17)22(31)16-11-12-20-21(14-16)35-26(27-20)30-24(33)18-9-5-6-10-19(18)25(30)34/h5-6,9-12,14,17H,3-4,7-8,13,15H2,1-2H3/t17-/m1/s1. The summed E-state index contributed by atoms with van der Waals surface area (Å²) in [7, 11) is 0. The number of rotatable bonds is 5. The van der Waals surface area contributed by atoms with Crippen molar-refractivity contribution in [3.05, 3.63) is 59.2 Å². The molecule has 0 bridgehead atoms. The van der Waals surface area contributed by atoms with E-state index in [1.807, 2.05) is 18.7 Å². The molecule has 1 atom stereocenters. The van der Waals surface area contributed by atoms with Gasteiger partial charge in [-0.2, -0.15) is 0 Å². The fourth-order valence-corrected chi connectivity index (χ4v) is 5.85. The van der Waals surface area contributed by atoms with E-state index in [0.717, 1.165) is 22.4 Å². The van der Waals surface area contributed by atoms with Crippen LogP contribution in [0.3, 0.4) is 0 Å². The van der Waals surface area contributed by atoms with Crippen molar-refractivity contribution in [2.45, 2.75) is 26.7 Å². The summed E-state index contributed by atoms with van der Waals surface area (Å²) in [6, 6.07) is 11.9. The molecule has 5 rings (SSSR count). The Morgan fingerprint density at radius 1 is 1.06 bits per heavy atom. The number of thiazole rings is 1. The molecule has 0 N–H and O–H groups in total. The Labute approximate surface area is 207 Å². The van der Waals surface area contributed by atoms with Gasteiger partial charge in [-0.3, -0.25) is 19.2 Å². The summed E-state index contributed by atoms with van der Waals surface area (Å²) >= 11 is 1.21. The number of carbonyl (C=O) groups is 4. The Morgan fingerprint density at radius 3 is 2.40 bits per heavy atom. The third-order valence-electron chi connectivity index (χ3n) is 6.74. The molecular weight excluding hydrogens is 464 g/mol. The van der Waals surface area contributed by atoms with E-state index in [2.05, 4.69) is 4.98 Å². The fourth-order valence-electron chi connectivity index (χ4n) is 4.84. The highest BCUT2D eigenvalue weighted by Gasteiger charge is 2.38. The maximum atomic E-state index is 13.3. The number of hydrogen-bond acceptors (Lipinski definition) is 6. The molecule has 35 heavy (non-hydrogen) atoms. The smallest absolute Gasteiger partial charge is 0.268 e. The van der Waals surface area contributed by atoms with E-state index in [-0.39, 0.29) is 17.7 Å². The van der Waals surface area contributed by atoms with Crippen molar-refractivity contribution in [2.75, 3.05) is 31.1 Å². The van der Waals surface area contributed by atoms with Crippen LogP contribution in [0.1, 0.15) is 57.8 Å². The fraction of sp³-hybridized carbons (Fsp3) is 0.346. The van der Waals surface area contributed by atoms with Crippen LogP contribution in [0.2, 0.25) is 0 Å². The summed E-state index contributed by atoms with van der Waals surface area (Å²) in [5, 5.41) is 0.290. The molecule has 180 valence electrons. The molecule has 0 radical (unpaired) electrons. The summed E-state index contributed by atoms with van der Waals surface area (Å²) in [6.07, 6.45) is 1.58. The number of amides is 4. The zero-order chi connectivity index (χ0) is 24.7. The lowest BCUT2D eigenvalue weighted by molar-refractivity contribution is -0.136. The van der Waals surface area contributed by atoms with Crippen LogP contribution in [0.25, 0.3) is 10.2 Å². The quantitative estimate of drug-likeness (QED) is 0.507. The Hall–Kier alpha value is -3.59. The highest BCUT2D eigenvalue weighted by atomic mass is 32.1. The van der Waals surface area contributed by atoms with Gasteiger partial charge in [0.1, 0.15) is 0 Å². The van der Waals surface area contributed by atoms with Gasteiger partial charge in [-0.15, -0.1) is 0 Å². The van der Waals surface area contributed by atoms with Gasteiger partial charge in [-0.1, -0.05) is 23.5 Å². The first-order chi connectivity index (χ1) is 16.9. The summed E-state index contributed by atoms with van der Waals surface area (Å²) in [5.41, 5.74) is 1.86. The molecule has 3 heterocycles. The Morgan fingerprint density at radius 2 is 1.74 bits per heavy atom. The lowest BCUT2D eigenvalue weighted by Gasteiger charge is -2.34. The Bertz CT molecular complexity index is 1310. The van der Waals surface area contributed by atoms with Crippen LogP contribution < -0.4 is 4.90 Å². The van der Waals surface area contributed by atoms with E-state index in [1.165, 1.54) is 11.3 Å². The summed E-state index contributed by atoms with van der Waals surface area (Å²) < 4.78 is 0.718. The van der Waals surface area contributed by atoms with Crippen LogP contribution in [0.4, 0.5) is 5.13 Å². The van der Waals surface area contributed by atoms with Crippen LogP contribution in [0.5, 0.6) is 0 Å². The lowest BCUT2D eigenvalue weighted by atomic mass is 9.95. The zero-order valence-electron chi connectivity index (χ0n) is 19.7. The second-order valence-electron chi connectivity index (χ2n) is 8.77. The van der Waals surface area contributed by atoms with E-state index in [4.69, 9.17) is 0 Å². The predicted molar refractivity (Wildman–Crippen MR) is 134 cm³/mol. The number of likely N-dealkylation sites (tertiary alicyclic amines) is 1. The molecule has 1 fully saturated rings. The number of benzene rings is 2. The monoisotopic (exact) mass is 490 g/mol. The van der Waals surface area contributed by atoms with Crippen molar-refractivity contribution < 1.29 is 19.2 Å². The van der Waals surface area contributed by atoms with Gasteiger partial charge in [0.05, 0.1) is 27.3 Å². The molecule has 0 spiro atoms. The molecule has 9 heteroatoms. The van der Waals surface area contributed by atoms with Gasteiger partial charge in [0, 0.05) is 31.7 Å². The van der Waals surface area contributed by atoms with E-state index >= 15 is 0 Å². The van der Waals surface area contributed by atoms with Crippen LogP contribution in [0.15, 0.2) is 42.5 Å². The molecule has 0 saturated carbocycles. The second-order valence-corrected chi connectivity index (χ2v) is 9.78. The summed E-state index contributed by atoms with van der Waals surface area (Å²) in [6.45, 7) is 6.28. The number of nitrogens with zero attached hydrogens (tertiary/aromatic N) is 4. The largest absolute Gasteiger partial charge is 0.343 e. The molecule has 2 aliphatic heterocycles. The lowest BCUT2D eigenvalue weighted by Crippen LogP contribution is -2.46. The van der Waals surface area contributed by atoms with Gasteiger partial charge < -0.3 is 9.80 Å². The molecule has 0 unspecified atom stereocenters. The average molecular weight is 491 g/mol. The normalized spacial score (nSPS) is 17.7. The summed E-state index contributed by atoms with van der Waals surface area (Å²) in [5.74, 6) is -0.979. The predicted octanol–water partition coefficient (Wildman–Crippen LogP) is 3.82. The average Bonchev–Trinajstić information content (AvgIpc) is 3.42. The minimum atomic E-state index is -0.391. The van der Waals surface area contributed by atoms with Gasteiger partial charge in [0.2, 0.25) is 11.0 Å². The number of fused-ring (bicyclic) bond motifs is 2. The van der Waals surface area contributed by atoms with Gasteiger partial charge in [-0.25, -0.2) is 9.88 Å². The highest BCUT2D eigenvalue weighted by Crippen LogP contribution is 2.35. The van der Waals surface area contributed by atoms with Gasteiger partial charge in [0.15, 0.2) is 0 Å². The number of carbonyl (C=O) groups excluding carboxylic acids is 4. The van der Waals surface area contributed by atoms with Crippen molar-refractivity contribution in [1.29, 1.82) is 0 Å². The first-order valence-electron chi connectivity index (χ1n) is 11.9. The van der Waals surface area contributed by atoms with Crippen molar-refractivity contribution in [1.82, 2.24) is 14.8 Å². The van der Waals surface area contributed by atoms with E-state index in [9.17, 15) is 19.2 Å². The number of piperidine rings is 1. The first kappa shape index (κ1) is 23.2. The molecule has 3 aromatic rings. The third-order valence-corrected chi connectivity index (χ3v) is 7.75. The van der Waals surface area contributed by atoms with Crippen LogP contribution in [0, 0.1) is 5.92 Å². The van der Waals surface area contributed by atoms with Crippen LogP contribution >= 0.6 is 11.3 Å². The Kier molecular flexibility index (Phi) is 6.10. The van der Waals surface area contributed by atoms with E-state index < -0.39 is 11.8 Å². The Balaban J connectivity index is 1.37. The first-order valence-corrected chi connectivity index (χ1v) is 12.7. The third kappa shape index (κ3) is 3.99. The number of imide groups is 1. The SMILES string of the molecule is CCN(CC)C(=O)[C@@H]1CCCN(C(=O)c2ccc3nc(N4C(=O)c5ccccc5C4=O)sc3c2)C1. The topological polar surface area (TPSA) is 90.9 Å². The van der Waals surface area contributed by atoms with E-state index in [0.29, 0.717) is 53.5 Å². The maximum Gasteiger partial charge on any atom is 0.268 e. The van der Waals surface area contributed by atoms with E-state index in [1.54, 1.807) is 47.4 Å². The van der Waals surface area contributed by atoms with Gasteiger partial charge in [-0.05, 0) is 57.0 Å². The molecule has 2 aliphatic rings. The minimum absolute atomic E-state index is 0.107. The molecule has 4 amide bonds. The zero-order valence-corrected chi connectivity index (χ0v) is 20.5. The van der Waals surface area contributed by atoms with Crippen LogP contribution in [-0.2, 0) is 4.79 Å². The van der Waals surface area contributed by atoms with Crippen LogP contribution in [-0.4, -0.2) is 64.6 Å². The van der Waals surface area contributed by atoms with Crippen molar-refractivity contribution >= 4 is 50.3 Å². The molecule has 1 saturated heterocycles. The molecule has 0 aliphatic carbocycles. The van der Waals surface area contributed by atoms with Crippen molar-refractivity contribution in [2.24, 2.45) is 5.92 Å². The molecule has 1 aromatic heterocycles. The number of aromatic nitrogens is 1. The van der Waals surface area contributed by atoms with Crippen molar-refractivity contribution in [3.8, 4) is 0 Å². The number of hydrogen-bond donors (Lipinski definition) is 0. The summed E-state index contributed by atoms with van der Waals surface area (Å²) in [4.78, 5) is 60.9. The highest BCUT2D eigenvalue weighted by molar-refractivity contribution is 7.22. The van der Waals surface area contributed by atoms with Gasteiger partial charge in [0.25, 0.3) is 17.7 Å². The molecule has 2 aromatic carbocycles. The van der Waals surface area contributed by atoms with Gasteiger partial charge >= 0.3 is 0 Å². The second kappa shape index (κ2) is 9.22. The molecular formula is C26H26N4O4S. The molecule has 8 nitrogen and oxygen atoms in total. The maximum absolute atomic E-state index is 13.3. The number of anilines is 1.